The summed E-state index contributed by atoms with van der Waals surface area (Å²) >= 11 is 0. The van der Waals surface area contributed by atoms with E-state index in [1.54, 1.807) is 31.1 Å². The number of phenolic OH excluding ortho intramolecular Hbond substituents is 2. The van der Waals surface area contributed by atoms with Crippen LogP contribution >= 0.6 is 0 Å². The molecule has 21 heavy (non-hydrogen) atoms. The van der Waals surface area contributed by atoms with Gasteiger partial charge < -0.3 is 20.4 Å². The summed E-state index contributed by atoms with van der Waals surface area (Å²) in [6.07, 6.45) is 0. The van der Waals surface area contributed by atoms with Crippen molar-refractivity contribution in [3.63, 3.8) is 0 Å². The van der Waals surface area contributed by atoms with Gasteiger partial charge in [0.2, 0.25) is 5.91 Å². The first-order valence-corrected chi connectivity index (χ1v) is 7.10. The molecular weight excluding hydrogens is 270 g/mol. The number of likely N-dealkylation sites (N-methyl/N-ethyl adjacent to an activating group) is 1. The highest BCUT2D eigenvalue weighted by Gasteiger charge is 2.33. The maximum absolute atomic E-state index is 12.3. The molecule has 2 unspecified atom stereocenters. The highest BCUT2D eigenvalue weighted by atomic mass is 16.3. The number of nitrogens with zero attached hydrogens (tertiary/aromatic N) is 2. The lowest BCUT2D eigenvalue weighted by molar-refractivity contribution is -0.136. The summed E-state index contributed by atoms with van der Waals surface area (Å²) in [5, 5.41) is 22.5. The Morgan fingerprint density at radius 1 is 1.33 bits per heavy atom. The Morgan fingerprint density at radius 3 is 2.52 bits per heavy atom. The second-order valence-corrected chi connectivity index (χ2v) is 5.65. The molecule has 2 rings (SSSR count). The SMILES string of the molecule is CC(c1cc(O)cc(O)c1)N1CCNCC1C(=O)N(C)C. The number of benzene rings is 1. The van der Waals surface area contributed by atoms with Crippen molar-refractivity contribution in [2.75, 3.05) is 33.7 Å². The van der Waals surface area contributed by atoms with Crippen LogP contribution in [-0.2, 0) is 4.79 Å². The molecule has 0 aromatic heterocycles. The summed E-state index contributed by atoms with van der Waals surface area (Å²) < 4.78 is 0. The topological polar surface area (TPSA) is 76.0 Å². The number of nitrogens with one attached hydrogen (secondary N) is 1. The Hall–Kier alpha value is -1.79. The minimum absolute atomic E-state index is 0.0301. The number of phenols is 2. The number of rotatable bonds is 3. The van der Waals surface area contributed by atoms with E-state index in [0.29, 0.717) is 6.54 Å². The zero-order chi connectivity index (χ0) is 15.6. The van der Waals surface area contributed by atoms with Crippen molar-refractivity contribution in [2.24, 2.45) is 0 Å². The molecule has 1 saturated heterocycles. The molecule has 1 aliphatic heterocycles. The molecule has 116 valence electrons. The van der Waals surface area contributed by atoms with Crippen molar-refractivity contribution in [3.8, 4) is 11.5 Å². The standard InChI is InChI=1S/C15H23N3O3/c1-10(11-6-12(19)8-13(20)7-11)18-5-4-16-9-14(18)15(21)17(2)3/h6-8,10,14,16,19-20H,4-5,9H2,1-3H3. The summed E-state index contributed by atoms with van der Waals surface area (Å²) in [6.45, 7) is 4.13. The van der Waals surface area contributed by atoms with Gasteiger partial charge >= 0.3 is 0 Å². The van der Waals surface area contributed by atoms with Crippen molar-refractivity contribution in [2.45, 2.75) is 19.0 Å². The molecule has 1 aromatic rings. The molecule has 1 fully saturated rings. The van der Waals surface area contributed by atoms with Crippen molar-refractivity contribution in [1.82, 2.24) is 15.1 Å². The van der Waals surface area contributed by atoms with Crippen LogP contribution in [0.15, 0.2) is 18.2 Å². The second-order valence-electron chi connectivity index (χ2n) is 5.65. The van der Waals surface area contributed by atoms with Gasteiger partial charge in [-0.15, -0.1) is 0 Å². The maximum atomic E-state index is 12.3. The van der Waals surface area contributed by atoms with Gasteiger partial charge in [-0.3, -0.25) is 9.69 Å². The lowest BCUT2D eigenvalue weighted by Crippen LogP contribution is -2.58. The molecular formula is C15H23N3O3. The van der Waals surface area contributed by atoms with Crippen LogP contribution in [0.25, 0.3) is 0 Å². The van der Waals surface area contributed by atoms with E-state index in [-0.39, 0.29) is 29.5 Å². The summed E-state index contributed by atoms with van der Waals surface area (Å²) in [4.78, 5) is 16.0. The van der Waals surface area contributed by atoms with E-state index in [0.717, 1.165) is 18.7 Å². The third-order valence-electron chi connectivity index (χ3n) is 3.92. The van der Waals surface area contributed by atoms with Crippen molar-refractivity contribution in [3.05, 3.63) is 23.8 Å². The molecule has 3 N–H and O–H groups in total. The van der Waals surface area contributed by atoms with Crippen LogP contribution in [0.2, 0.25) is 0 Å². The predicted molar refractivity (Wildman–Crippen MR) is 80.2 cm³/mol. The molecule has 1 amide bonds. The van der Waals surface area contributed by atoms with Crippen LogP contribution in [0, 0.1) is 0 Å². The molecule has 6 nitrogen and oxygen atoms in total. The van der Waals surface area contributed by atoms with Crippen molar-refractivity contribution >= 4 is 5.91 Å². The lowest BCUT2D eigenvalue weighted by Gasteiger charge is -2.40. The minimum atomic E-state index is -0.242. The predicted octanol–water partition coefficient (Wildman–Crippen LogP) is 0.521. The third kappa shape index (κ3) is 3.46. The van der Waals surface area contributed by atoms with E-state index in [4.69, 9.17) is 0 Å². The van der Waals surface area contributed by atoms with Crippen molar-refractivity contribution in [1.29, 1.82) is 0 Å². The number of aromatic hydroxyl groups is 2. The fraction of sp³-hybridized carbons (Fsp3) is 0.533. The van der Waals surface area contributed by atoms with Gasteiger partial charge in [-0.05, 0) is 24.6 Å². The molecule has 2 atom stereocenters. The second kappa shape index (κ2) is 6.32. The van der Waals surface area contributed by atoms with Gasteiger partial charge in [0, 0.05) is 45.8 Å². The Balaban J connectivity index is 2.25. The smallest absolute Gasteiger partial charge is 0.240 e. The molecule has 1 heterocycles. The first-order chi connectivity index (χ1) is 9.90. The van der Waals surface area contributed by atoms with Gasteiger partial charge in [-0.1, -0.05) is 0 Å². The first kappa shape index (κ1) is 15.6. The highest BCUT2D eigenvalue weighted by molar-refractivity contribution is 5.81. The quantitative estimate of drug-likeness (QED) is 0.757. The van der Waals surface area contributed by atoms with E-state index < -0.39 is 0 Å². The normalized spacial score (nSPS) is 21.0. The summed E-state index contributed by atoms with van der Waals surface area (Å²) in [5.41, 5.74) is 0.797. The van der Waals surface area contributed by atoms with Gasteiger partial charge in [0.15, 0.2) is 0 Å². The largest absolute Gasteiger partial charge is 0.508 e. The maximum Gasteiger partial charge on any atom is 0.240 e. The zero-order valence-electron chi connectivity index (χ0n) is 12.7. The molecule has 0 aliphatic carbocycles. The number of hydrogen-bond acceptors (Lipinski definition) is 5. The Labute approximate surface area is 125 Å². The fourth-order valence-electron chi connectivity index (χ4n) is 2.76. The molecule has 1 aliphatic rings. The summed E-state index contributed by atoms with van der Waals surface area (Å²) in [7, 11) is 3.50. The van der Waals surface area contributed by atoms with Gasteiger partial charge in [0.1, 0.15) is 17.5 Å². The molecule has 0 saturated carbocycles. The van der Waals surface area contributed by atoms with E-state index in [1.165, 1.54) is 6.07 Å². The first-order valence-electron chi connectivity index (χ1n) is 7.10. The number of carbonyl (C=O) groups is 1. The summed E-state index contributed by atoms with van der Waals surface area (Å²) in [5.74, 6) is 0.114. The highest BCUT2D eigenvalue weighted by Crippen LogP contribution is 2.29. The van der Waals surface area contributed by atoms with E-state index in [2.05, 4.69) is 10.2 Å². The molecule has 0 radical (unpaired) electrons. The van der Waals surface area contributed by atoms with Crippen LogP contribution < -0.4 is 5.32 Å². The monoisotopic (exact) mass is 293 g/mol. The fourth-order valence-corrected chi connectivity index (χ4v) is 2.76. The average molecular weight is 293 g/mol. The van der Waals surface area contributed by atoms with E-state index in [1.807, 2.05) is 6.92 Å². The molecule has 0 bridgehead atoms. The lowest BCUT2D eigenvalue weighted by atomic mass is 10.0. The van der Waals surface area contributed by atoms with E-state index in [9.17, 15) is 15.0 Å². The zero-order valence-corrected chi connectivity index (χ0v) is 12.7. The van der Waals surface area contributed by atoms with Crippen LogP contribution in [0.1, 0.15) is 18.5 Å². The van der Waals surface area contributed by atoms with Gasteiger partial charge in [0.25, 0.3) is 0 Å². The molecule has 0 spiro atoms. The van der Waals surface area contributed by atoms with Crippen LogP contribution in [0.3, 0.4) is 0 Å². The Morgan fingerprint density at radius 2 is 1.95 bits per heavy atom. The van der Waals surface area contributed by atoms with Gasteiger partial charge in [0.05, 0.1) is 0 Å². The third-order valence-corrected chi connectivity index (χ3v) is 3.92. The number of amides is 1. The van der Waals surface area contributed by atoms with Crippen LogP contribution in [0.4, 0.5) is 0 Å². The van der Waals surface area contributed by atoms with E-state index >= 15 is 0 Å². The van der Waals surface area contributed by atoms with Gasteiger partial charge in [-0.25, -0.2) is 0 Å². The van der Waals surface area contributed by atoms with Crippen LogP contribution in [0.5, 0.6) is 11.5 Å². The average Bonchev–Trinajstić information content (AvgIpc) is 2.44. The Bertz CT molecular complexity index is 499. The van der Waals surface area contributed by atoms with Crippen LogP contribution in [-0.4, -0.2) is 65.7 Å². The number of piperazine rings is 1. The molecule has 6 heteroatoms. The molecule has 1 aromatic carbocycles. The van der Waals surface area contributed by atoms with Crippen molar-refractivity contribution < 1.29 is 15.0 Å². The minimum Gasteiger partial charge on any atom is -0.508 e. The number of hydrogen-bond donors (Lipinski definition) is 3. The van der Waals surface area contributed by atoms with Gasteiger partial charge in [-0.2, -0.15) is 0 Å². The summed E-state index contributed by atoms with van der Waals surface area (Å²) in [6, 6.07) is 4.25. The Kier molecular flexibility index (Phi) is 4.69. The number of carbonyl (C=O) groups excluding carboxylic acids is 1.